The maximum atomic E-state index is 13.1. The number of halogens is 2. The fourth-order valence-corrected chi connectivity index (χ4v) is 3.36. The Morgan fingerprint density at radius 1 is 0.893 bits per heavy atom. The third-order valence-corrected chi connectivity index (χ3v) is 5.08. The number of nitrogens with zero attached hydrogens (tertiary/aromatic N) is 1. The fourth-order valence-electron chi connectivity index (χ4n) is 3.10. The highest BCUT2D eigenvalue weighted by atomic mass is 35.5. The molecule has 0 radical (unpaired) electrons. The molecule has 0 saturated carbocycles. The molecule has 1 fully saturated rings. The van der Waals surface area contributed by atoms with E-state index in [1.54, 1.807) is 31.2 Å². The van der Waals surface area contributed by atoms with Gasteiger partial charge in [-0.25, -0.2) is 0 Å². The van der Waals surface area contributed by atoms with E-state index >= 15 is 0 Å². The molecule has 2 aromatic carbocycles. The number of hydrogen-bond donors (Lipinski definition) is 0. The third-order valence-electron chi connectivity index (χ3n) is 4.57. The Kier molecular flexibility index (Phi) is 6.84. The number of carbonyl (C=O) groups excluding carboxylic acids is 2. The molecular weight excluding hydrogens is 393 g/mol. The second-order valence-electron chi connectivity index (χ2n) is 6.93. The second-order valence-corrected chi connectivity index (χ2v) is 7.81. The van der Waals surface area contributed by atoms with E-state index in [1.165, 1.54) is 0 Å². The Balaban J connectivity index is 1.91. The molecule has 0 N–H and O–H groups in total. The van der Waals surface area contributed by atoms with Gasteiger partial charge in [0.05, 0.1) is 0 Å². The van der Waals surface area contributed by atoms with E-state index in [9.17, 15) is 9.59 Å². The van der Waals surface area contributed by atoms with Crippen molar-refractivity contribution < 1.29 is 9.59 Å². The Labute approximate surface area is 175 Å². The summed E-state index contributed by atoms with van der Waals surface area (Å²) in [6, 6.07) is 14.8. The van der Waals surface area contributed by atoms with Gasteiger partial charge in [-0.05, 0) is 54.5 Å². The lowest BCUT2D eigenvalue weighted by molar-refractivity contribution is -0.117. The highest BCUT2D eigenvalue weighted by molar-refractivity contribution is 6.30. The van der Waals surface area contributed by atoms with Gasteiger partial charge in [0.1, 0.15) is 5.78 Å². The van der Waals surface area contributed by atoms with Crippen LogP contribution in [0.1, 0.15) is 24.5 Å². The van der Waals surface area contributed by atoms with Crippen LogP contribution in [-0.4, -0.2) is 36.1 Å². The molecule has 0 bridgehead atoms. The minimum atomic E-state index is 0.0315. The smallest absolute Gasteiger partial charge is 0.187 e. The Bertz CT molecular complexity index is 861. The highest BCUT2D eigenvalue weighted by Crippen LogP contribution is 2.23. The van der Waals surface area contributed by atoms with Gasteiger partial charge in [0.15, 0.2) is 5.78 Å². The SMILES string of the molecule is CC(=O)CCN1C/C(=C\c2ccc(Cl)cc2)C(=O)/C(=C/c2ccc(Cl)cc2)C1. The summed E-state index contributed by atoms with van der Waals surface area (Å²) in [7, 11) is 0. The molecule has 1 heterocycles. The van der Waals surface area contributed by atoms with Crippen LogP contribution in [0.5, 0.6) is 0 Å². The molecule has 0 aliphatic carbocycles. The van der Waals surface area contributed by atoms with Crippen molar-refractivity contribution in [1.82, 2.24) is 4.90 Å². The summed E-state index contributed by atoms with van der Waals surface area (Å²) in [4.78, 5) is 26.6. The molecule has 0 spiro atoms. The largest absolute Gasteiger partial charge is 0.300 e. The van der Waals surface area contributed by atoms with E-state index in [2.05, 4.69) is 4.90 Å². The number of piperidine rings is 1. The monoisotopic (exact) mass is 413 g/mol. The summed E-state index contributed by atoms with van der Waals surface area (Å²) < 4.78 is 0. The average Bonchev–Trinajstić information content (AvgIpc) is 2.67. The number of hydrogen-bond acceptors (Lipinski definition) is 3. The van der Waals surface area contributed by atoms with Crippen LogP contribution < -0.4 is 0 Å². The van der Waals surface area contributed by atoms with E-state index < -0.39 is 0 Å². The fraction of sp³-hybridized carbons (Fsp3) is 0.217. The molecule has 3 rings (SSSR count). The van der Waals surface area contributed by atoms with Gasteiger partial charge in [0.25, 0.3) is 0 Å². The van der Waals surface area contributed by atoms with E-state index in [1.807, 2.05) is 36.4 Å². The highest BCUT2D eigenvalue weighted by Gasteiger charge is 2.26. The van der Waals surface area contributed by atoms with Gasteiger partial charge in [0, 0.05) is 47.2 Å². The summed E-state index contributed by atoms with van der Waals surface area (Å²) in [5.74, 6) is 0.173. The predicted molar refractivity (Wildman–Crippen MR) is 116 cm³/mol. The van der Waals surface area contributed by atoms with Crippen LogP contribution in [0.15, 0.2) is 59.7 Å². The van der Waals surface area contributed by atoms with Crippen molar-refractivity contribution >= 4 is 46.9 Å². The molecule has 3 nitrogen and oxygen atoms in total. The molecule has 1 aliphatic heterocycles. The predicted octanol–water partition coefficient (Wildman–Crippen LogP) is 5.32. The van der Waals surface area contributed by atoms with Crippen LogP contribution in [0.4, 0.5) is 0 Å². The summed E-state index contributed by atoms with van der Waals surface area (Å²) in [6.07, 6.45) is 4.26. The van der Waals surface area contributed by atoms with Crippen LogP contribution in [-0.2, 0) is 9.59 Å². The summed E-state index contributed by atoms with van der Waals surface area (Å²) in [5, 5.41) is 1.31. The van der Waals surface area contributed by atoms with Crippen LogP contribution in [0.2, 0.25) is 10.0 Å². The van der Waals surface area contributed by atoms with Crippen LogP contribution in [0, 0.1) is 0 Å². The molecule has 144 valence electrons. The first kappa shape index (κ1) is 20.5. The molecule has 0 amide bonds. The first-order valence-electron chi connectivity index (χ1n) is 9.09. The molecule has 28 heavy (non-hydrogen) atoms. The Morgan fingerprint density at radius 3 is 1.71 bits per heavy atom. The van der Waals surface area contributed by atoms with Crippen molar-refractivity contribution in [2.75, 3.05) is 19.6 Å². The zero-order valence-corrected chi connectivity index (χ0v) is 17.1. The van der Waals surface area contributed by atoms with Gasteiger partial charge in [-0.3, -0.25) is 14.5 Å². The van der Waals surface area contributed by atoms with Crippen LogP contribution >= 0.6 is 23.2 Å². The normalized spacial score (nSPS) is 18.0. The van der Waals surface area contributed by atoms with E-state index in [4.69, 9.17) is 23.2 Å². The molecule has 1 aliphatic rings. The molecule has 0 atom stereocenters. The van der Waals surface area contributed by atoms with Crippen molar-refractivity contribution in [3.63, 3.8) is 0 Å². The van der Waals surface area contributed by atoms with Crippen molar-refractivity contribution in [1.29, 1.82) is 0 Å². The standard InChI is InChI=1S/C23H21Cl2NO2/c1-16(27)10-11-26-14-19(12-17-2-6-21(24)7-3-17)23(28)20(15-26)13-18-4-8-22(25)9-5-18/h2-9,12-13H,10-11,14-15H2,1H3/b19-12+,20-13+. The maximum absolute atomic E-state index is 13.1. The number of rotatable bonds is 5. The third kappa shape index (κ3) is 5.65. The van der Waals surface area contributed by atoms with E-state index in [-0.39, 0.29) is 11.6 Å². The van der Waals surface area contributed by atoms with Gasteiger partial charge < -0.3 is 0 Å². The van der Waals surface area contributed by atoms with E-state index in [0.29, 0.717) is 47.2 Å². The topological polar surface area (TPSA) is 37.4 Å². The van der Waals surface area contributed by atoms with Crippen molar-refractivity contribution in [3.05, 3.63) is 80.8 Å². The van der Waals surface area contributed by atoms with Crippen LogP contribution in [0.3, 0.4) is 0 Å². The van der Waals surface area contributed by atoms with Crippen molar-refractivity contribution in [2.45, 2.75) is 13.3 Å². The molecule has 0 unspecified atom stereocenters. The van der Waals surface area contributed by atoms with Crippen LogP contribution in [0.25, 0.3) is 12.2 Å². The van der Waals surface area contributed by atoms with Gasteiger partial charge >= 0.3 is 0 Å². The minimum Gasteiger partial charge on any atom is -0.300 e. The summed E-state index contributed by atoms with van der Waals surface area (Å²) in [6.45, 7) is 3.25. The number of likely N-dealkylation sites (tertiary alicyclic amines) is 1. The average molecular weight is 414 g/mol. The molecular formula is C23H21Cl2NO2. The van der Waals surface area contributed by atoms with Gasteiger partial charge in [0.2, 0.25) is 0 Å². The number of carbonyl (C=O) groups is 2. The van der Waals surface area contributed by atoms with Gasteiger partial charge in [-0.1, -0.05) is 47.5 Å². The second kappa shape index (κ2) is 9.33. The van der Waals surface area contributed by atoms with Crippen molar-refractivity contribution in [2.24, 2.45) is 0 Å². The minimum absolute atomic E-state index is 0.0315. The lowest BCUT2D eigenvalue weighted by atomic mass is 9.94. The maximum Gasteiger partial charge on any atom is 0.187 e. The molecule has 0 aromatic heterocycles. The van der Waals surface area contributed by atoms with Crippen molar-refractivity contribution in [3.8, 4) is 0 Å². The Hall–Kier alpha value is -2.20. The lowest BCUT2D eigenvalue weighted by Gasteiger charge is -2.29. The number of Topliss-reactive ketones (excluding diaryl/α,β-unsaturated/α-hetero) is 2. The zero-order chi connectivity index (χ0) is 20.1. The summed E-state index contributed by atoms with van der Waals surface area (Å²) >= 11 is 11.9. The first-order chi connectivity index (χ1) is 13.4. The summed E-state index contributed by atoms with van der Waals surface area (Å²) in [5.41, 5.74) is 3.26. The molecule has 5 heteroatoms. The first-order valence-corrected chi connectivity index (χ1v) is 9.85. The van der Waals surface area contributed by atoms with Gasteiger partial charge in [-0.2, -0.15) is 0 Å². The molecule has 2 aromatic rings. The van der Waals surface area contributed by atoms with Gasteiger partial charge in [-0.15, -0.1) is 0 Å². The molecule has 1 saturated heterocycles. The quantitative estimate of drug-likeness (QED) is 0.621. The number of benzene rings is 2. The lowest BCUT2D eigenvalue weighted by Crippen LogP contribution is -2.38. The zero-order valence-electron chi connectivity index (χ0n) is 15.6. The Morgan fingerprint density at radius 2 is 1.32 bits per heavy atom. The number of ketones is 2. The van der Waals surface area contributed by atoms with E-state index in [0.717, 1.165) is 11.1 Å².